The van der Waals surface area contributed by atoms with Crippen molar-refractivity contribution < 1.29 is 13.2 Å². The van der Waals surface area contributed by atoms with E-state index in [1.807, 2.05) is 0 Å². The van der Waals surface area contributed by atoms with Crippen LogP contribution in [0.3, 0.4) is 0 Å². The molecule has 1 amide bonds. The minimum Gasteiger partial charge on any atom is -0.311 e. The van der Waals surface area contributed by atoms with Crippen molar-refractivity contribution in [2.24, 2.45) is 5.92 Å². The summed E-state index contributed by atoms with van der Waals surface area (Å²) in [6.45, 7) is 0. The number of piperidine rings is 1. The number of halogens is 1. The normalized spacial score (nSPS) is 26.4. The van der Waals surface area contributed by atoms with Gasteiger partial charge in [0.25, 0.3) is 0 Å². The van der Waals surface area contributed by atoms with Gasteiger partial charge in [-0.25, -0.2) is 8.42 Å². The molecule has 2 saturated heterocycles. The third kappa shape index (κ3) is 5.27. The van der Waals surface area contributed by atoms with Gasteiger partial charge in [0.15, 0.2) is 0 Å². The standard InChI is InChI=1S/C12H19N5O3S2.ClH/c1-22(19,20)17-12-16-15-11(21-12)14-10(18)6-7-4-8-2-3-9(5-7)13-8;/h7-9,13H,2-6H2,1H3,(H,16,17)(H,14,15,18);1H. The lowest BCUT2D eigenvalue weighted by Crippen LogP contribution is -2.39. The molecular formula is C12H20ClN5O3S2. The Morgan fingerprint density at radius 3 is 2.48 bits per heavy atom. The van der Waals surface area contributed by atoms with Crippen LogP contribution >= 0.6 is 23.7 Å². The number of amides is 1. The summed E-state index contributed by atoms with van der Waals surface area (Å²) in [5.74, 6) is 0.314. The van der Waals surface area contributed by atoms with Crippen LogP contribution in [-0.4, -0.2) is 42.9 Å². The third-order valence-electron chi connectivity index (χ3n) is 3.99. The van der Waals surface area contributed by atoms with Crippen LogP contribution in [0, 0.1) is 5.92 Å². The number of anilines is 2. The maximum atomic E-state index is 12.1. The fourth-order valence-electron chi connectivity index (χ4n) is 3.25. The summed E-state index contributed by atoms with van der Waals surface area (Å²) in [5.41, 5.74) is 0. The number of nitrogens with zero attached hydrogens (tertiary/aromatic N) is 2. The Kier molecular flexibility index (Phi) is 5.82. The highest BCUT2D eigenvalue weighted by molar-refractivity contribution is 7.92. The van der Waals surface area contributed by atoms with Gasteiger partial charge in [0.05, 0.1) is 6.26 Å². The van der Waals surface area contributed by atoms with Gasteiger partial charge in [-0.3, -0.25) is 9.52 Å². The largest absolute Gasteiger partial charge is 0.311 e. The van der Waals surface area contributed by atoms with Gasteiger partial charge in [0.1, 0.15) is 0 Å². The number of sulfonamides is 1. The summed E-state index contributed by atoms with van der Waals surface area (Å²) in [4.78, 5) is 12.1. The van der Waals surface area contributed by atoms with E-state index in [1.54, 1.807) is 0 Å². The molecule has 11 heteroatoms. The minimum absolute atomic E-state index is 0. The van der Waals surface area contributed by atoms with Gasteiger partial charge in [0, 0.05) is 18.5 Å². The molecule has 0 spiro atoms. The molecule has 130 valence electrons. The first-order valence-corrected chi connectivity index (χ1v) is 9.95. The quantitative estimate of drug-likeness (QED) is 0.706. The van der Waals surface area contributed by atoms with E-state index >= 15 is 0 Å². The second kappa shape index (κ2) is 7.29. The average Bonchev–Trinajstić information content (AvgIpc) is 2.94. The molecule has 1 aromatic heterocycles. The maximum absolute atomic E-state index is 12.1. The van der Waals surface area contributed by atoms with Crippen LogP contribution in [0.15, 0.2) is 0 Å². The summed E-state index contributed by atoms with van der Waals surface area (Å²) < 4.78 is 24.4. The predicted molar refractivity (Wildman–Crippen MR) is 91.5 cm³/mol. The highest BCUT2D eigenvalue weighted by Crippen LogP contribution is 2.33. The lowest BCUT2D eigenvalue weighted by Gasteiger charge is -2.28. The maximum Gasteiger partial charge on any atom is 0.231 e. The molecule has 0 aliphatic carbocycles. The van der Waals surface area contributed by atoms with Crippen molar-refractivity contribution in [2.45, 2.75) is 44.2 Å². The number of fused-ring (bicyclic) bond motifs is 2. The fraction of sp³-hybridized carbons (Fsp3) is 0.750. The topological polar surface area (TPSA) is 113 Å². The number of carbonyl (C=O) groups excluding carboxylic acids is 1. The summed E-state index contributed by atoms with van der Waals surface area (Å²) in [7, 11) is -3.38. The molecular weight excluding hydrogens is 362 g/mol. The highest BCUT2D eigenvalue weighted by atomic mass is 35.5. The van der Waals surface area contributed by atoms with Gasteiger partial charge in [-0.15, -0.1) is 22.6 Å². The van der Waals surface area contributed by atoms with Crippen LogP contribution in [0.4, 0.5) is 10.3 Å². The van der Waals surface area contributed by atoms with E-state index in [0.717, 1.165) is 30.4 Å². The first kappa shape index (κ1) is 18.4. The van der Waals surface area contributed by atoms with E-state index in [9.17, 15) is 13.2 Å². The van der Waals surface area contributed by atoms with Crippen molar-refractivity contribution in [1.29, 1.82) is 0 Å². The number of carbonyl (C=O) groups is 1. The minimum atomic E-state index is -3.38. The van der Waals surface area contributed by atoms with E-state index in [-0.39, 0.29) is 23.4 Å². The Hall–Kier alpha value is -0.970. The Bertz CT molecular complexity index is 653. The first-order valence-electron chi connectivity index (χ1n) is 7.24. The van der Waals surface area contributed by atoms with E-state index < -0.39 is 10.0 Å². The molecule has 2 fully saturated rings. The molecule has 3 N–H and O–H groups in total. The van der Waals surface area contributed by atoms with E-state index in [1.165, 1.54) is 12.8 Å². The molecule has 3 rings (SSSR count). The summed E-state index contributed by atoms with van der Waals surface area (Å²) in [6, 6.07) is 1.12. The lowest BCUT2D eigenvalue weighted by molar-refractivity contribution is -0.117. The van der Waals surface area contributed by atoms with Gasteiger partial charge in [0.2, 0.25) is 26.2 Å². The molecule has 2 aliphatic heterocycles. The average molecular weight is 382 g/mol. The van der Waals surface area contributed by atoms with Crippen LogP contribution in [-0.2, 0) is 14.8 Å². The Morgan fingerprint density at radius 2 is 1.87 bits per heavy atom. The first-order chi connectivity index (χ1) is 10.4. The fourth-order valence-corrected chi connectivity index (χ4v) is 4.74. The SMILES string of the molecule is CS(=O)(=O)Nc1nnc(NC(=O)CC2CC3CCC(C2)N3)s1.Cl. The Balaban J connectivity index is 0.00000192. The van der Waals surface area contributed by atoms with Crippen molar-refractivity contribution in [3.05, 3.63) is 0 Å². The molecule has 23 heavy (non-hydrogen) atoms. The molecule has 1 aromatic rings. The Labute approximate surface area is 145 Å². The molecule has 2 unspecified atom stereocenters. The summed E-state index contributed by atoms with van der Waals surface area (Å²) in [6.07, 6.45) is 6.02. The molecule has 0 aromatic carbocycles. The monoisotopic (exact) mass is 381 g/mol. The van der Waals surface area contributed by atoms with E-state index in [0.29, 0.717) is 29.6 Å². The smallest absolute Gasteiger partial charge is 0.231 e. The van der Waals surface area contributed by atoms with Crippen molar-refractivity contribution in [3.8, 4) is 0 Å². The molecule has 2 aliphatic rings. The van der Waals surface area contributed by atoms with Crippen molar-refractivity contribution in [2.75, 3.05) is 16.3 Å². The van der Waals surface area contributed by atoms with Crippen LogP contribution in [0.1, 0.15) is 32.1 Å². The molecule has 3 heterocycles. The Morgan fingerprint density at radius 1 is 1.26 bits per heavy atom. The zero-order valence-electron chi connectivity index (χ0n) is 12.6. The van der Waals surface area contributed by atoms with Gasteiger partial charge in [-0.2, -0.15) is 0 Å². The van der Waals surface area contributed by atoms with Gasteiger partial charge < -0.3 is 10.6 Å². The second-order valence-corrected chi connectivity index (χ2v) is 8.74. The number of rotatable bonds is 5. The summed E-state index contributed by atoms with van der Waals surface area (Å²) >= 11 is 1.01. The molecule has 8 nitrogen and oxygen atoms in total. The molecule has 2 bridgehead atoms. The van der Waals surface area contributed by atoms with Gasteiger partial charge in [-0.1, -0.05) is 11.3 Å². The second-order valence-electron chi connectivity index (χ2n) is 6.01. The van der Waals surface area contributed by atoms with E-state index in [2.05, 4.69) is 25.6 Å². The number of hydrogen-bond donors (Lipinski definition) is 3. The zero-order chi connectivity index (χ0) is 15.7. The summed E-state index contributed by atoms with van der Waals surface area (Å²) in [5, 5.41) is 14.2. The van der Waals surface area contributed by atoms with Crippen LogP contribution in [0.25, 0.3) is 0 Å². The number of nitrogens with one attached hydrogen (secondary N) is 3. The third-order valence-corrected chi connectivity index (χ3v) is 5.44. The predicted octanol–water partition coefficient (Wildman–Crippen LogP) is 1.19. The van der Waals surface area contributed by atoms with Gasteiger partial charge >= 0.3 is 0 Å². The van der Waals surface area contributed by atoms with Crippen molar-refractivity contribution >= 4 is 49.9 Å². The molecule has 0 radical (unpaired) electrons. The van der Waals surface area contributed by atoms with Crippen LogP contribution in [0.5, 0.6) is 0 Å². The number of hydrogen-bond acceptors (Lipinski definition) is 7. The highest BCUT2D eigenvalue weighted by Gasteiger charge is 2.34. The van der Waals surface area contributed by atoms with Crippen LogP contribution < -0.4 is 15.4 Å². The molecule has 0 saturated carbocycles. The number of aromatic nitrogens is 2. The zero-order valence-corrected chi connectivity index (χ0v) is 15.1. The van der Waals surface area contributed by atoms with Crippen molar-refractivity contribution in [3.63, 3.8) is 0 Å². The van der Waals surface area contributed by atoms with Crippen molar-refractivity contribution in [1.82, 2.24) is 15.5 Å². The van der Waals surface area contributed by atoms with Crippen LogP contribution in [0.2, 0.25) is 0 Å². The lowest BCUT2D eigenvalue weighted by atomic mass is 9.89. The van der Waals surface area contributed by atoms with Gasteiger partial charge in [-0.05, 0) is 31.6 Å². The molecule has 2 atom stereocenters. The van der Waals surface area contributed by atoms with E-state index in [4.69, 9.17) is 0 Å².